The summed E-state index contributed by atoms with van der Waals surface area (Å²) in [7, 11) is 0. The molecule has 0 bridgehead atoms. The van der Waals surface area contributed by atoms with Gasteiger partial charge in [0.1, 0.15) is 0 Å². The molecule has 108 valence electrons. The van der Waals surface area contributed by atoms with Crippen molar-refractivity contribution in [3.63, 3.8) is 0 Å². The molecular weight excluding hydrogens is 310 g/mol. The van der Waals surface area contributed by atoms with Crippen LogP contribution in [0.5, 0.6) is 0 Å². The van der Waals surface area contributed by atoms with Crippen LogP contribution in [-0.2, 0) is 0 Å². The first-order chi connectivity index (χ1) is 11.2. The smallest absolute Gasteiger partial charge is 0.208 e. The molecule has 0 N–H and O–H groups in total. The molecule has 0 atom stereocenters. The first-order valence-electron chi connectivity index (χ1n) is 6.62. The average Bonchev–Trinajstić information content (AvgIpc) is 2.61. The minimum Gasteiger partial charge on any atom is -0.208 e. The van der Waals surface area contributed by atoms with Crippen molar-refractivity contribution >= 4 is 11.6 Å². The van der Waals surface area contributed by atoms with E-state index < -0.39 is 0 Å². The second kappa shape index (κ2) is 6.23. The standard InChI is InChI=1S/C17H8ClN5/c18-17-22-15(13-5-1-11(9-19)2-6-13)21-16(23-17)14-7-3-12(10-20)4-8-14/h1-8H. The number of nitriles is 2. The van der Waals surface area contributed by atoms with E-state index in [2.05, 4.69) is 27.1 Å². The SMILES string of the molecule is N#Cc1ccc(-c2nc(Cl)nc(-c3ccc(C#N)cc3)n2)cc1. The van der Waals surface area contributed by atoms with Gasteiger partial charge in [0.2, 0.25) is 5.28 Å². The third-order valence-electron chi connectivity index (χ3n) is 3.15. The maximum atomic E-state index is 8.84. The molecule has 6 heteroatoms. The lowest BCUT2D eigenvalue weighted by molar-refractivity contribution is 1.07. The van der Waals surface area contributed by atoms with Gasteiger partial charge in [-0.2, -0.15) is 20.5 Å². The van der Waals surface area contributed by atoms with Crippen LogP contribution in [0.2, 0.25) is 5.28 Å². The van der Waals surface area contributed by atoms with Gasteiger partial charge in [0, 0.05) is 11.1 Å². The second-order valence-corrected chi connectivity index (χ2v) is 4.97. The number of rotatable bonds is 2. The summed E-state index contributed by atoms with van der Waals surface area (Å²) in [5.74, 6) is 0.850. The number of hydrogen-bond acceptors (Lipinski definition) is 5. The molecule has 3 rings (SSSR count). The molecule has 1 aromatic heterocycles. The molecule has 0 saturated heterocycles. The van der Waals surface area contributed by atoms with Crippen LogP contribution in [0.25, 0.3) is 22.8 Å². The highest BCUT2D eigenvalue weighted by molar-refractivity contribution is 6.28. The van der Waals surface area contributed by atoms with E-state index in [0.29, 0.717) is 22.8 Å². The van der Waals surface area contributed by atoms with Gasteiger partial charge in [-0.25, -0.2) is 4.98 Å². The maximum absolute atomic E-state index is 8.84. The topological polar surface area (TPSA) is 86.2 Å². The minimum absolute atomic E-state index is 0.0821. The van der Waals surface area contributed by atoms with Crippen LogP contribution in [-0.4, -0.2) is 15.0 Å². The average molecular weight is 318 g/mol. The minimum atomic E-state index is 0.0821. The number of halogens is 1. The van der Waals surface area contributed by atoms with Gasteiger partial charge in [-0.3, -0.25) is 0 Å². The molecule has 0 radical (unpaired) electrons. The van der Waals surface area contributed by atoms with Crippen molar-refractivity contribution in [2.45, 2.75) is 0 Å². The number of nitrogens with zero attached hydrogens (tertiary/aromatic N) is 5. The number of benzene rings is 2. The van der Waals surface area contributed by atoms with E-state index in [4.69, 9.17) is 22.1 Å². The van der Waals surface area contributed by atoms with E-state index in [9.17, 15) is 0 Å². The fraction of sp³-hybridized carbons (Fsp3) is 0. The molecule has 0 spiro atoms. The summed E-state index contributed by atoms with van der Waals surface area (Å²) in [6.07, 6.45) is 0. The molecule has 3 aromatic rings. The van der Waals surface area contributed by atoms with E-state index in [1.807, 2.05) is 0 Å². The quantitative estimate of drug-likeness (QED) is 0.720. The lowest BCUT2D eigenvalue weighted by Crippen LogP contribution is -1.97. The Kier molecular flexibility index (Phi) is 3.97. The third kappa shape index (κ3) is 3.16. The summed E-state index contributed by atoms with van der Waals surface area (Å²) in [6.45, 7) is 0. The third-order valence-corrected chi connectivity index (χ3v) is 3.32. The van der Waals surface area contributed by atoms with Gasteiger partial charge in [-0.1, -0.05) is 0 Å². The fourth-order valence-electron chi connectivity index (χ4n) is 2.00. The van der Waals surface area contributed by atoms with E-state index in [0.717, 1.165) is 11.1 Å². The number of aromatic nitrogens is 3. The maximum Gasteiger partial charge on any atom is 0.226 e. The Morgan fingerprint density at radius 1 is 0.652 bits per heavy atom. The fourth-order valence-corrected chi connectivity index (χ4v) is 2.16. The van der Waals surface area contributed by atoms with Gasteiger partial charge in [-0.05, 0) is 60.1 Å². The van der Waals surface area contributed by atoms with Crippen molar-refractivity contribution in [1.29, 1.82) is 10.5 Å². The summed E-state index contributed by atoms with van der Waals surface area (Å²) in [4.78, 5) is 12.7. The van der Waals surface area contributed by atoms with Crippen molar-refractivity contribution in [1.82, 2.24) is 15.0 Å². The normalized spacial score (nSPS) is 9.87. The molecule has 5 nitrogen and oxygen atoms in total. The summed E-state index contributed by atoms with van der Waals surface area (Å²) < 4.78 is 0. The van der Waals surface area contributed by atoms with Crippen LogP contribution in [0, 0.1) is 22.7 Å². The van der Waals surface area contributed by atoms with Crippen LogP contribution >= 0.6 is 11.6 Å². The predicted molar refractivity (Wildman–Crippen MR) is 85.1 cm³/mol. The van der Waals surface area contributed by atoms with E-state index in [-0.39, 0.29) is 5.28 Å². The Morgan fingerprint density at radius 2 is 1.04 bits per heavy atom. The lowest BCUT2D eigenvalue weighted by Gasteiger charge is -2.05. The molecule has 0 aliphatic rings. The van der Waals surface area contributed by atoms with Crippen molar-refractivity contribution < 1.29 is 0 Å². The highest BCUT2D eigenvalue weighted by atomic mass is 35.5. The molecule has 0 unspecified atom stereocenters. The summed E-state index contributed by atoms with van der Waals surface area (Å²) in [6, 6.07) is 17.9. The molecule has 1 heterocycles. The zero-order valence-electron chi connectivity index (χ0n) is 11.7. The van der Waals surface area contributed by atoms with Gasteiger partial charge >= 0.3 is 0 Å². The summed E-state index contributed by atoms with van der Waals surface area (Å²) >= 11 is 6.00. The van der Waals surface area contributed by atoms with Crippen molar-refractivity contribution in [3.05, 3.63) is 64.9 Å². The molecular formula is C17H8ClN5. The molecule has 0 aliphatic carbocycles. The molecule has 23 heavy (non-hydrogen) atoms. The Hall–Kier alpha value is -3.28. The first-order valence-corrected chi connectivity index (χ1v) is 7.00. The Bertz CT molecular complexity index is 859. The molecule has 0 aliphatic heterocycles. The predicted octanol–water partition coefficient (Wildman–Crippen LogP) is 3.60. The largest absolute Gasteiger partial charge is 0.226 e. The zero-order chi connectivity index (χ0) is 16.2. The van der Waals surface area contributed by atoms with Crippen LogP contribution < -0.4 is 0 Å². The second-order valence-electron chi connectivity index (χ2n) is 4.63. The monoisotopic (exact) mass is 317 g/mol. The van der Waals surface area contributed by atoms with Crippen LogP contribution in [0.4, 0.5) is 0 Å². The van der Waals surface area contributed by atoms with E-state index in [1.54, 1.807) is 48.5 Å². The van der Waals surface area contributed by atoms with Crippen molar-refractivity contribution in [3.8, 4) is 34.9 Å². The summed E-state index contributed by atoms with van der Waals surface area (Å²) in [5, 5.41) is 17.8. The van der Waals surface area contributed by atoms with Crippen LogP contribution in [0.1, 0.15) is 11.1 Å². The Balaban J connectivity index is 2.04. The van der Waals surface area contributed by atoms with E-state index in [1.165, 1.54) is 0 Å². The molecule has 0 saturated carbocycles. The first kappa shape index (κ1) is 14.6. The van der Waals surface area contributed by atoms with Crippen molar-refractivity contribution in [2.75, 3.05) is 0 Å². The lowest BCUT2D eigenvalue weighted by atomic mass is 10.1. The van der Waals surface area contributed by atoms with Crippen LogP contribution in [0.15, 0.2) is 48.5 Å². The Labute approximate surface area is 137 Å². The van der Waals surface area contributed by atoms with Gasteiger partial charge in [0.15, 0.2) is 11.6 Å². The van der Waals surface area contributed by atoms with Crippen molar-refractivity contribution in [2.24, 2.45) is 0 Å². The van der Waals surface area contributed by atoms with Gasteiger partial charge < -0.3 is 0 Å². The molecule has 0 fully saturated rings. The zero-order valence-corrected chi connectivity index (χ0v) is 12.5. The van der Waals surface area contributed by atoms with Gasteiger partial charge in [-0.15, -0.1) is 0 Å². The molecule has 0 amide bonds. The highest BCUT2D eigenvalue weighted by Crippen LogP contribution is 2.22. The summed E-state index contributed by atoms with van der Waals surface area (Å²) in [5.41, 5.74) is 2.59. The highest BCUT2D eigenvalue weighted by Gasteiger charge is 2.09. The van der Waals surface area contributed by atoms with Gasteiger partial charge in [0.05, 0.1) is 23.3 Å². The van der Waals surface area contributed by atoms with Gasteiger partial charge in [0.25, 0.3) is 0 Å². The van der Waals surface area contributed by atoms with E-state index >= 15 is 0 Å². The molecule has 2 aromatic carbocycles. The number of hydrogen-bond donors (Lipinski definition) is 0. The van der Waals surface area contributed by atoms with Crippen LogP contribution in [0.3, 0.4) is 0 Å². The Morgan fingerprint density at radius 3 is 1.39 bits per heavy atom.